The van der Waals surface area contributed by atoms with Gasteiger partial charge in [0.15, 0.2) is 0 Å². The third kappa shape index (κ3) is 1.99. The SMILES string of the molecule is N#Cc1c(N)nc2ccccc2c1-c1ccc(O)cc1O. The van der Waals surface area contributed by atoms with E-state index in [1.807, 2.05) is 24.3 Å². The normalized spacial score (nSPS) is 10.4. The average Bonchev–Trinajstić information content (AvgIpc) is 2.46. The molecule has 102 valence electrons. The summed E-state index contributed by atoms with van der Waals surface area (Å²) >= 11 is 0. The van der Waals surface area contributed by atoms with E-state index in [1.54, 1.807) is 12.1 Å². The second kappa shape index (κ2) is 4.69. The Bertz CT molecular complexity index is 898. The molecule has 5 heteroatoms. The molecule has 2 aromatic carbocycles. The summed E-state index contributed by atoms with van der Waals surface area (Å²) in [5.74, 6) is -0.0676. The average molecular weight is 277 g/mol. The lowest BCUT2D eigenvalue weighted by molar-refractivity contribution is 0.452. The minimum Gasteiger partial charge on any atom is -0.508 e. The summed E-state index contributed by atoms with van der Waals surface area (Å²) in [5.41, 5.74) is 7.63. The van der Waals surface area contributed by atoms with Crippen molar-refractivity contribution in [3.63, 3.8) is 0 Å². The number of rotatable bonds is 1. The zero-order valence-corrected chi connectivity index (χ0v) is 10.9. The monoisotopic (exact) mass is 277 g/mol. The quantitative estimate of drug-likeness (QED) is 0.634. The first-order valence-corrected chi connectivity index (χ1v) is 6.22. The van der Waals surface area contributed by atoms with Crippen LogP contribution in [0.25, 0.3) is 22.0 Å². The van der Waals surface area contributed by atoms with E-state index in [9.17, 15) is 15.5 Å². The fourth-order valence-corrected chi connectivity index (χ4v) is 2.36. The van der Waals surface area contributed by atoms with Crippen LogP contribution in [0.1, 0.15) is 5.56 Å². The van der Waals surface area contributed by atoms with Crippen molar-refractivity contribution in [2.45, 2.75) is 0 Å². The summed E-state index contributed by atoms with van der Waals surface area (Å²) < 4.78 is 0. The number of aromatic hydroxyl groups is 2. The van der Waals surface area contributed by atoms with E-state index >= 15 is 0 Å². The van der Waals surface area contributed by atoms with Crippen LogP contribution in [0, 0.1) is 11.3 Å². The number of hydrogen-bond acceptors (Lipinski definition) is 5. The lowest BCUT2D eigenvalue weighted by Gasteiger charge is -2.12. The second-order valence-electron chi connectivity index (χ2n) is 4.58. The van der Waals surface area contributed by atoms with Gasteiger partial charge < -0.3 is 15.9 Å². The fourth-order valence-electron chi connectivity index (χ4n) is 2.36. The van der Waals surface area contributed by atoms with Gasteiger partial charge in [-0.2, -0.15) is 5.26 Å². The number of pyridine rings is 1. The minimum atomic E-state index is -0.123. The van der Waals surface area contributed by atoms with Gasteiger partial charge in [-0.1, -0.05) is 18.2 Å². The zero-order valence-electron chi connectivity index (χ0n) is 10.9. The molecule has 1 aromatic heterocycles. The maximum absolute atomic E-state index is 10.1. The Morgan fingerprint density at radius 3 is 2.57 bits per heavy atom. The maximum Gasteiger partial charge on any atom is 0.142 e. The van der Waals surface area contributed by atoms with Crippen molar-refractivity contribution in [1.29, 1.82) is 5.26 Å². The van der Waals surface area contributed by atoms with Crippen LogP contribution in [0.15, 0.2) is 42.5 Å². The Kier molecular flexibility index (Phi) is 2.85. The van der Waals surface area contributed by atoms with Gasteiger partial charge in [0, 0.05) is 22.6 Å². The molecule has 0 saturated carbocycles. The van der Waals surface area contributed by atoms with Crippen molar-refractivity contribution in [2.24, 2.45) is 0 Å². The number of aromatic nitrogens is 1. The number of nitrogens with two attached hydrogens (primary N) is 1. The number of anilines is 1. The Morgan fingerprint density at radius 1 is 1.10 bits per heavy atom. The molecule has 5 nitrogen and oxygen atoms in total. The molecule has 0 saturated heterocycles. The highest BCUT2D eigenvalue weighted by Crippen LogP contribution is 2.39. The number of phenolic OH excluding ortho intramolecular Hbond substituents is 2. The predicted molar refractivity (Wildman–Crippen MR) is 79.6 cm³/mol. The van der Waals surface area contributed by atoms with Crippen molar-refractivity contribution in [3.05, 3.63) is 48.0 Å². The number of nitrogens with zero attached hydrogens (tertiary/aromatic N) is 2. The van der Waals surface area contributed by atoms with Gasteiger partial charge in [-0.15, -0.1) is 0 Å². The van der Waals surface area contributed by atoms with E-state index < -0.39 is 0 Å². The molecule has 0 bridgehead atoms. The molecule has 21 heavy (non-hydrogen) atoms. The predicted octanol–water partition coefficient (Wildman–Crippen LogP) is 2.77. The van der Waals surface area contributed by atoms with E-state index in [-0.39, 0.29) is 22.9 Å². The molecule has 0 unspecified atom stereocenters. The zero-order chi connectivity index (χ0) is 15.0. The lowest BCUT2D eigenvalue weighted by Crippen LogP contribution is -1.99. The first kappa shape index (κ1) is 12.8. The molecule has 0 atom stereocenters. The van der Waals surface area contributed by atoms with Crippen molar-refractivity contribution < 1.29 is 10.2 Å². The number of nitriles is 1. The van der Waals surface area contributed by atoms with Crippen molar-refractivity contribution in [3.8, 4) is 28.7 Å². The number of para-hydroxylation sites is 1. The molecule has 0 radical (unpaired) electrons. The molecule has 0 amide bonds. The van der Waals surface area contributed by atoms with E-state index in [0.29, 0.717) is 22.0 Å². The standard InChI is InChI=1S/C16H11N3O2/c17-8-12-15(11-6-5-9(20)7-14(11)21)10-3-1-2-4-13(10)19-16(12)18/h1-7,20-21H,(H2,18,19). The van der Waals surface area contributed by atoms with Gasteiger partial charge in [0.2, 0.25) is 0 Å². The van der Waals surface area contributed by atoms with Gasteiger partial charge in [-0.25, -0.2) is 4.98 Å². The van der Waals surface area contributed by atoms with Crippen LogP contribution >= 0.6 is 0 Å². The summed E-state index contributed by atoms with van der Waals surface area (Å²) in [5, 5.41) is 29.6. The first-order valence-electron chi connectivity index (χ1n) is 6.22. The van der Waals surface area contributed by atoms with E-state index in [1.165, 1.54) is 12.1 Å². The third-order valence-corrected chi connectivity index (χ3v) is 3.28. The smallest absolute Gasteiger partial charge is 0.142 e. The van der Waals surface area contributed by atoms with E-state index in [4.69, 9.17) is 5.73 Å². The van der Waals surface area contributed by atoms with Crippen molar-refractivity contribution in [2.75, 3.05) is 5.73 Å². The van der Waals surface area contributed by atoms with Gasteiger partial charge in [0.25, 0.3) is 0 Å². The summed E-state index contributed by atoms with van der Waals surface area (Å²) in [4.78, 5) is 4.20. The molecule has 0 spiro atoms. The second-order valence-corrected chi connectivity index (χ2v) is 4.58. The van der Waals surface area contributed by atoms with E-state index in [2.05, 4.69) is 4.98 Å². The molecule has 0 aliphatic rings. The lowest BCUT2D eigenvalue weighted by atomic mass is 9.95. The molecular weight excluding hydrogens is 266 g/mol. The van der Waals surface area contributed by atoms with Gasteiger partial charge in [-0.05, 0) is 18.2 Å². The number of benzene rings is 2. The topological polar surface area (TPSA) is 103 Å². The van der Waals surface area contributed by atoms with Crippen LogP contribution in [0.5, 0.6) is 11.5 Å². The Balaban J connectivity index is 2.48. The molecule has 3 rings (SSSR count). The molecule has 0 aliphatic heterocycles. The Hall–Kier alpha value is -3.26. The molecule has 3 aromatic rings. The highest BCUT2D eigenvalue weighted by Gasteiger charge is 2.17. The van der Waals surface area contributed by atoms with Crippen LogP contribution in [0.4, 0.5) is 5.82 Å². The molecule has 4 N–H and O–H groups in total. The van der Waals surface area contributed by atoms with Gasteiger partial charge in [0.1, 0.15) is 28.9 Å². The number of hydrogen-bond donors (Lipinski definition) is 3. The van der Waals surface area contributed by atoms with Crippen LogP contribution < -0.4 is 5.73 Å². The maximum atomic E-state index is 10.1. The van der Waals surface area contributed by atoms with Crippen LogP contribution in [-0.2, 0) is 0 Å². The highest BCUT2D eigenvalue weighted by molar-refractivity contribution is 6.00. The third-order valence-electron chi connectivity index (χ3n) is 3.28. The number of nitrogen functional groups attached to an aromatic ring is 1. The summed E-state index contributed by atoms with van der Waals surface area (Å²) in [6.45, 7) is 0. The summed E-state index contributed by atoms with van der Waals surface area (Å²) in [7, 11) is 0. The molecular formula is C16H11N3O2. The first-order chi connectivity index (χ1) is 10.1. The number of phenols is 2. The largest absolute Gasteiger partial charge is 0.508 e. The summed E-state index contributed by atoms with van der Waals surface area (Å²) in [6.07, 6.45) is 0. The van der Waals surface area contributed by atoms with Crippen LogP contribution in [0.3, 0.4) is 0 Å². The minimum absolute atomic E-state index is 0.0545. The molecule has 0 fully saturated rings. The van der Waals surface area contributed by atoms with Crippen molar-refractivity contribution >= 4 is 16.7 Å². The Morgan fingerprint density at radius 2 is 1.86 bits per heavy atom. The van der Waals surface area contributed by atoms with Crippen LogP contribution in [-0.4, -0.2) is 15.2 Å². The van der Waals surface area contributed by atoms with Gasteiger partial charge in [0.05, 0.1) is 5.52 Å². The Labute approximate surface area is 120 Å². The van der Waals surface area contributed by atoms with Crippen LogP contribution in [0.2, 0.25) is 0 Å². The molecule has 0 aliphatic carbocycles. The van der Waals surface area contributed by atoms with Gasteiger partial charge in [-0.3, -0.25) is 0 Å². The van der Waals surface area contributed by atoms with Crippen molar-refractivity contribution in [1.82, 2.24) is 4.98 Å². The number of fused-ring (bicyclic) bond motifs is 1. The molecule has 1 heterocycles. The van der Waals surface area contributed by atoms with E-state index in [0.717, 1.165) is 0 Å². The summed E-state index contributed by atoms with van der Waals surface area (Å²) in [6, 6.07) is 13.5. The highest BCUT2D eigenvalue weighted by atomic mass is 16.3. The van der Waals surface area contributed by atoms with Gasteiger partial charge >= 0.3 is 0 Å². The fraction of sp³-hybridized carbons (Fsp3) is 0.